The van der Waals surface area contributed by atoms with Crippen LogP contribution in [-0.2, 0) is 0 Å². The van der Waals surface area contributed by atoms with Crippen molar-refractivity contribution in [3.63, 3.8) is 0 Å². The quantitative estimate of drug-likeness (QED) is 0.697. The minimum absolute atomic E-state index is 0.213. The third-order valence-electron chi connectivity index (χ3n) is 2.62. The second-order valence-corrected chi connectivity index (χ2v) is 5.96. The molecule has 0 unspecified atom stereocenters. The summed E-state index contributed by atoms with van der Waals surface area (Å²) >= 11 is 5.86. The number of hydrogen-bond donors (Lipinski definition) is 0. The molecule has 120 valence electrons. The molecule has 0 saturated carbocycles. The van der Waals surface area contributed by atoms with Gasteiger partial charge in [-0.05, 0) is 70.5 Å². The van der Waals surface area contributed by atoms with E-state index in [0.29, 0.717) is 0 Å². The molecule has 0 amide bonds. The molecule has 0 heterocycles. The molecule has 0 aliphatic heterocycles. The van der Waals surface area contributed by atoms with Gasteiger partial charge in [-0.15, -0.1) is 0 Å². The van der Waals surface area contributed by atoms with E-state index >= 15 is 0 Å². The standard InChI is InChI=1S/C10H13ClO.C9H12O/c1-7(2)12-9-4-5-10(11)8(3)6-9;1-8(2)10-9-6-4-3-5-7-9/h4-7H,1-3H3;3-8H,1-2H3. The predicted molar refractivity (Wildman–Crippen MR) is 94.2 cm³/mol. The molecule has 0 spiro atoms. The second-order valence-electron chi connectivity index (χ2n) is 5.56. The van der Waals surface area contributed by atoms with Crippen molar-refractivity contribution in [3.8, 4) is 11.5 Å². The number of para-hydroxylation sites is 1. The van der Waals surface area contributed by atoms with Gasteiger partial charge >= 0.3 is 0 Å². The highest BCUT2D eigenvalue weighted by molar-refractivity contribution is 6.31. The van der Waals surface area contributed by atoms with Crippen molar-refractivity contribution in [1.82, 2.24) is 0 Å². The number of ether oxygens (including phenoxy) is 2. The fraction of sp³-hybridized carbons (Fsp3) is 0.368. The zero-order valence-electron chi connectivity index (χ0n) is 14.0. The van der Waals surface area contributed by atoms with Gasteiger partial charge in [0, 0.05) is 5.02 Å². The number of aryl methyl sites for hydroxylation is 1. The molecule has 0 fully saturated rings. The first-order valence-electron chi connectivity index (χ1n) is 7.53. The molecule has 2 nitrogen and oxygen atoms in total. The van der Waals surface area contributed by atoms with Crippen molar-refractivity contribution in [1.29, 1.82) is 0 Å². The molecular weight excluding hydrogens is 296 g/mol. The van der Waals surface area contributed by atoms with Gasteiger partial charge in [-0.3, -0.25) is 0 Å². The minimum atomic E-state index is 0.213. The van der Waals surface area contributed by atoms with Crippen LogP contribution in [0.4, 0.5) is 0 Å². The summed E-state index contributed by atoms with van der Waals surface area (Å²) in [6.07, 6.45) is 0.480. The average Bonchev–Trinajstić information content (AvgIpc) is 2.43. The highest BCUT2D eigenvalue weighted by atomic mass is 35.5. The van der Waals surface area contributed by atoms with Gasteiger partial charge in [-0.25, -0.2) is 0 Å². The number of rotatable bonds is 4. The first-order valence-corrected chi connectivity index (χ1v) is 7.90. The van der Waals surface area contributed by atoms with Crippen molar-refractivity contribution in [3.05, 3.63) is 59.1 Å². The van der Waals surface area contributed by atoms with Gasteiger partial charge < -0.3 is 9.47 Å². The molecule has 0 aliphatic carbocycles. The summed E-state index contributed by atoms with van der Waals surface area (Å²) in [5.74, 6) is 1.82. The number of hydrogen-bond acceptors (Lipinski definition) is 2. The molecule has 0 aromatic heterocycles. The summed E-state index contributed by atoms with van der Waals surface area (Å²) in [5.41, 5.74) is 1.05. The SMILES string of the molecule is CC(C)Oc1ccccc1.Cc1cc(OC(C)C)ccc1Cl. The highest BCUT2D eigenvalue weighted by Gasteiger charge is 1.99. The molecule has 0 bridgehead atoms. The Bertz CT molecular complexity index is 551. The Hall–Kier alpha value is -1.67. The van der Waals surface area contributed by atoms with Crippen molar-refractivity contribution in [2.45, 2.75) is 46.8 Å². The van der Waals surface area contributed by atoms with E-state index in [9.17, 15) is 0 Å². The summed E-state index contributed by atoms with van der Waals surface area (Å²) in [7, 11) is 0. The Morgan fingerprint density at radius 3 is 1.82 bits per heavy atom. The summed E-state index contributed by atoms with van der Waals surface area (Å²) in [5, 5.41) is 0.783. The molecular formula is C19H25ClO2. The lowest BCUT2D eigenvalue weighted by Crippen LogP contribution is -2.05. The molecule has 22 heavy (non-hydrogen) atoms. The van der Waals surface area contributed by atoms with Crippen LogP contribution in [0.2, 0.25) is 5.02 Å². The van der Waals surface area contributed by atoms with Crippen molar-refractivity contribution in [2.24, 2.45) is 0 Å². The van der Waals surface area contributed by atoms with Crippen LogP contribution in [0.5, 0.6) is 11.5 Å². The molecule has 3 heteroatoms. The summed E-state index contributed by atoms with van der Waals surface area (Å²) in [6, 6.07) is 15.5. The number of halogens is 1. The summed E-state index contributed by atoms with van der Waals surface area (Å²) in [4.78, 5) is 0. The van der Waals surface area contributed by atoms with Gasteiger partial charge in [0.05, 0.1) is 12.2 Å². The van der Waals surface area contributed by atoms with Gasteiger partial charge in [0.25, 0.3) is 0 Å². The van der Waals surface area contributed by atoms with Crippen LogP contribution < -0.4 is 9.47 Å². The monoisotopic (exact) mass is 320 g/mol. The van der Waals surface area contributed by atoms with Crippen LogP contribution in [0, 0.1) is 6.92 Å². The fourth-order valence-electron chi connectivity index (χ4n) is 1.73. The van der Waals surface area contributed by atoms with Crippen molar-refractivity contribution < 1.29 is 9.47 Å². The lowest BCUT2D eigenvalue weighted by Gasteiger charge is -2.10. The summed E-state index contributed by atoms with van der Waals surface area (Å²) < 4.78 is 10.9. The van der Waals surface area contributed by atoms with Gasteiger partial charge in [-0.1, -0.05) is 29.8 Å². The van der Waals surface area contributed by atoms with Crippen LogP contribution in [0.1, 0.15) is 33.3 Å². The van der Waals surface area contributed by atoms with E-state index in [2.05, 4.69) is 0 Å². The molecule has 2 rings (SSSR count). The Balaban J connectivity index is 0.000000224. The average molecular weight is 321 g/mol. The first kappa shape index (κ1) is 18.4. The molecule has 2 aromatic carbocycles. The van der Waals surface area contributed by atoms with E-state index in [1.54, 1.807) is 0 Å². The summed E-state index contributed by atoms with van der Waals surface area (Å²) in [6.45, 7) is 10.0. The van der Waals surface area contributed by atoms with Crippen molar-refractivity contribution in [2.75, 3.05) is 0 Å². The third kappa shape index (κ3) is 7.37. The van der Waals surface area contributed by atoms with E-state index in [0.717, 1.165) is 22.1 Å². The molecule has 0 atom stereocenters. The second kappa shape index (κ2) is 9.37. The maximum Gasteiger partial charge on any atom is 0.120 e. The fourth-order valence-corrected chi connectivity index (χ4v) is 1.85. The maximum atomic E-state index is 5.86. The van der Waals surface area contributed by atoms with Gasteiger partial charge in [-0.2, -0.15) is 0 Å². The van der Waals surface area contributed by atoms with Crippen LogP contribution in [0.3, 0.4) is 0 Å². The van der Waals surface area contributed by atoms with E-state index in [1.165, 1.54) is 0 Å². The van der Waals surface area contributed by atoms with Gasteiger partial charge in [0.15, 0.2) is 0 Å². The van der Waals surface area contributed by atoms with Crippen LogP contribution >= 0.6 is 11.6 Å². The molecule has 0 aliphatic rings. The van der Waals surface area contributed by atoms with Gasteiger partial charge in [0.1, 0.15) is 11.5 Å². The highest BCUT2D eigenvalue weighted by Crippen LogP contribution is 2.21. The first-order chi connectivity index (χ1) is 10.4. The molecule has 0 saturated heterocycles. The Kier molecular flexibility index (Phi) is 7.83. The van der Waals surface area contributed by atoms with Crippen LogP contribution in [0.25, 0.3) is 0 Å². The van der Waals surface area contributed by atoms with Crippen LogP contribution in [-0.4, -0.2) is 12.2 Å². The van der Waals surface area contributed by atoms with E-state index in [1.807, 2.05) is 83.1 Å². The lowest BCUT2D eigenvalue weighted by molar-refractivity contribution is 0.242. The molecule has 2 aromatic rings. The normalized spacial score (nSPS) is 10.2. The van der Waals surface area contributed by atoms with E-state index in [-0.39, 0.29) is 12.2 Å². The Morgan fingerprint density at radius 1 is 0.773 bits per heavy atom. The lowest BCUT2D eigenvalue weighted by atomic mass is 10.2. The van der Waals surface area contributed by atoms with Crippen molar-refractivity contribution >= 4 is 11.6 Å². The van der Waals surface area contributed by atoms with E-state index < -0.39 is 0 Å². The van der Waals surface area contributed by atoms with Crippen LogP contribution in [0.15, 0.2) is 48.5 Å². The predicted octanol–water partition coefficient (Wildman–Crippen LogP) is 5.91. The zero-order valence-corrected chi connectivity index (χ0v) is 14.7. The molecule has 0 radical (unpaired) electrons. The largest absolute Gasteiger partial charge is 0.491 e. The minimum Gasteiger partial charge on any atom is -0.491 e. The topological polar surface area (TPSA) is 18.5 Å². The molecule has 0 N–H and O–H groups in total. The Morgan fingerprint density at radius 2 is 1.32 bits per heavy atom. The zero-order chi connectivity index (χ0) is 16.5. The third-order valence-corrected chi connectivity index (χ3v) is 3.04. The maximum absolute atomic E-state index is 5.86. The smallest absolute Gasteiger partial charge is 0.120 e. The number of benzene rings is 2. The van der Waals surface area contributed by atoms with Gasteiger partial charge in [0.2, 0.25) is 0 Å². The Labute approximate surface area is 139 Å². The van der Waals surface area contributed by atoms with E-state index in [4.69, 9.17) is 21.1 Å².